The van der Waals surface area contributed by atoms with E-state index in [0.717, 1.165) is 5.00 Å². The first-order chi connectivity index (χ1) is 10.6. The van der Waals surface area contributed by atoms with Crippen molar-refractivity contribution < 1.29 is 14.7 Å². The van der Waals surface area contributed by atoms with Crippen molar-refractivity contribution in [2.45, 2.75) is 13.3 Å². The van der Waals surface area contributed by atoms with Gasteiger partial charge in [-0.15, -0.1) is 11.3 Å². The third kappa shape index (κ3) is 5.06. The first-order valence-corrected chi connectivity index (χ1v) is 8.09. The van der Waals surface area contributed by atoms with Crippen LogP contribution in [0.5, 0.6) is 0 Å². The minimum atomic E-state index is -0.234. The number of anilines is 3. The quantitative estimate of drug-likeness (QED) is 0.600. The molecular weight excluding hydrogens is 326 g/mol. The number of nitrogens with one attached hydrogen (secondary N) is 3. The SMILES string of the molecule is CC(=O)Nc1nc(CC(=O)Nc2ncc(NCCO)s2)cs1. The van der Waals surface area contributed by atoms with Gasteiger partial charge in [0.2, 0.25) is 11.8 Å². The van der Waals surface area contributed by atoms with Crippen molar-refractivity contribution in [3.8, 4) is 0 Å². The van der Waals surface area contributed by atoms with Gasteiger partial charge in [0.1, 0.15) is 5.00 Å². The van der Waals surface area contributed by atoms with E-state index < -0.39 is 0 Å². The molecule has 0 spiro atoms. The third-order valence-corrected chi connectivity index (χ3v) is 4.02. The number of rotatable bonds is 7. The van der Waals surface area contributed by atoms with Crippen LogP contribution in [-0.4, -0.2) is 40.0 Å². The van der Waals surface area contributed by atoms with Crippen molar-refractivity contribution in [3.63, 3.8) is 0 Å². The largest absolute Gasteiger partial charge is 0.395 e. The lowest BCUT2D eigenvalue weighted by atomic mass is 10.3. The first kappa shape index (κ1) is 16.3. The number of aliphatic hydroxyl groups is 1. The molecule has 0 aliphatic carbocycles. The molecule has 118 valence electrons. The summed E-state index contributed by atoms with van der Waals surface area (Å²) in [6, 6.07) is 0. The normalized spacial score (nSPS) is 10.3. The van der Waals surface area contributed by atoms with Crippen molar-refractivity contribution in [2.75, 3.05) is 29.1 Å². The molecule has 0 radical (unpaired) electrons. The molecule has 2 aromatic heterocycles. The number of aromatic nitrogens is 2. The molecule has 2 heterocycles. The Hall–Kier alpha value is -2.04. The molecule has 0 saturated heterocycles. The number of nitrogens with zero attached hydrogens (tertiary/aromatic N) is 2. The zero-order chi connectivity index (χ0) is 15.9. The van der Waals surface area contributed by atoms with E-state index in [1.807, 2.05) is 0 Å². The van der Waals surface area contributed by atoms with Gasteiger partial charge in [0.15, 0.2) is 10.3 Å². The zero-order valence-corrected chi connectivity index (χ0v) is 13.4. The fourth-order valence-electron chi connectivity index (χ4n) is 1.52. The summed E-state index contributed by atoms with van der Waals surface area (Å²) in [4.78, 5) is 31.0. The third-order valence-electron chi connectivity index (χ3n) is 2.34. The van der Waals surface area contributed by atoms with E-state index in [1.54, 1.807) is 11.6 Å². The average molecular weight is 341 g/mol. The molecule has 0 atom stereocenters. The molecule has 0 aromatic carbocycles. The van der Waals surface area contributed by atoms with Crippen molar-refractivity contribution >= 4 is 49.8 Å². The van der Waals surface area contributed by atoms with Crippen LogP contribution < -0.4 is 16.0 Å². The lowest BCUT2D eigenvalue weighted by Gasteiger charge is -1.99. The van der Waals surface area contributed by atoms with Crippen molar-refractivity contribution in [1.82, 2.24) is 9.97 Å². The highest BCUT2D eigenvalue weighted by Crippen LogP contribution is 2.23. The lowest BCUT2D eigenvalue weighted by Crippen LogP contribution is -2.14. The number of hydrogen-bond acceptors (Lipinski definition) is 8. The fourth-order valence-corrected chi connectivity index (χ4v) is 3.03. The number of thiazole rings is 2. The van der Waals surface area contributed by atoms with E-state index in [9.17, 15) is 9.59 Å². The first-order valence-electron chi connectivity index (χ1n) is 6.39. The van der Waals surface area contributed by atoms with Gasteiger partial charge in [0.25, 0.3) is 0 Å². The summed E-state index contributed by atoms with van der Waals surface area (Å²) in [5.41, 5.74) is 0.585. The number of aliphatic hydroxyl groups excluding tert-OH is 1. The maximum Gasteiger partial charge on any atom is 0.232 e. The van der Waals surface area contributed by atoms with Gasteiger partial charge in [0.05, 0.1) is 24.9 Å². The summed E-state index contributed by atoms with van der Waals surface area (Å²) in [5, 5.41) is 20.4. The van der Waals surface area contributed by atoms with E-state index in [-0.39, 0.29) is 24.8 Å². The maximum absolute atomic E-state index is 11.9. The lowest BCUT2D eigenvalue weighted by molar-refractivity contribution is -0.116. The van der Waals surface area contributed by atoms with Crippen LogP contribution in [0.1, 0.15) is 12.6 Å². The van der Waals surface area contributed by atoms with Crippen LogP contribution in [0.2, 0.25) is 0 Å². The number of carbonyl (C=O) groups excluding carboxylic acids is 2. The molecule has 10 heteroatoms. The highest BCUT2D eigenvalue weighted by Gasteiger charge is 2.10. The molecule has 8 nitrogen and oxygen atoms in total. The summed E-state index contributed by atoms with van der Waals surface area (Å²) < 4.78 is 0. The summed E-state index contributed by atoms with van der Waals surface area (Å²) in [6.45, 7) is 1.86. The molecule has 0 saturated carbocycles. The van der Waals surface area contributed by atoms with Gasteiger partial charge in [-0.1, -0.05) is 11.3 Å². The molecule has 0 aliphatic rings. The predicted octanol–water partition coefficient (Wildman–Crippen LogP) is 1.14. The van der Waals surface area contributed by atoms with E-state index in [0.29, 0.717) is 22.5 Å². The van der Waals surface area contributed by atoms with Crippen LogP contribution in [-0.2, 0) is 16.0 Å². The van der Waals surface area contributed by atoms with E-state index in [2.05, 4.69) is 25.9 Å². The van der Waals surface area contributed by atoms with Crippen LogP contribution in [0.3, 0.4) is 0 Å². The van der Waals surface area contributed by atoms with Crippen molar-refractivity contribution in [3.05, 3.63) is 17.3 Å². The molecule has 2 aromatic rings. The second-order valence-electron chi connectivity index (χ2n) is 4.23. The van der Waals surface area contributed by atoms with Crippen molar-refractivity contribution in [1.29, 1.82) is 0 Å². The standard InChI is InChI=1S/C12H15N5O3S2/c1-7(19)15-12-16-8(6-21-12)4-9(20)17-11-14-5-10(22-11)13-2-3-18/h5-6,13,18H,2-4H2,1H3,(H,14,17,20)(H,15,16,19). The summed E-state index contributed by atoms with van der Waals surface area (Å²) >= 11 is 2.55. The van der Waals surface area contributed by atoms with Crippen LogP contribution in [0.15, 0.2) is 11.6 Å². The number of carbonyl (C=O) groups is 2. The molecular formula is C12H15N5O3S2. The zero-order valence-electron chi connectivity index (χ0n) is 11.8. The Kier molecular flexibility index (Phi) is 5.81. The van der Waals surface area contributed by atoms with Gasteiger partial charge in [-0.25, -0.2) is 9.97 Å². The Labute approximate surface area is 134 Å². The van der Waals surface area contributed by atoms with Gasteiger partial charge in [-0.05, 0) is 0 Å². The van der Waals surface area contributed by atoms with Gasteiger partial charge in [0, 0.05) is 18.8 Å². The fraction of sp³-hybridized carbons (Fsp3) is 0.333. The second-order valence-corrected chi connectivity index (χ2v) is 6.12. The Balaban J connectivity index is 1.85. The Morgan fingerprint density at radius 1 is 1.32 bits per heavy atom. The summed E-state index contributed by atoms with van der Waals surface area (Å²) in [6.07, 6.45) is 1.70. The predicted molar refractivity (Wildman–Crippen MR) is 86.4 cm³/mol. The number of hydrogen-bond donors (Lipinski definition) is 4. The molecule has 0 fully saturated rings. The Morgan fingerprint density at radius 2 is 2.14 bits per heavy atom. The van der Waals surface area contributed by atoms with Crippen LogP contribution in [0, 0.1) is 0 Å². The maximum atomic E-state index is 11.9. The van der Waals surface area contributed by atoms with Gasteiger partial charge in [-0.2, -0.15) is 0 Å². The Bertz CT molecular complexity index is 655. The number of amides is 2. The van der Waals surface area contributed by atoms with Gasteiger partial charge >= 0.3 is 0 Å². The molecule has 22 heavy (non-hydrogen) atoms. The average Bonchev–Trinajstić information content (AvgIpc) is 3.05. The van der Waals surface area contributed by atoms with Crippen LogP contribution in [0.25, 0.3) is 0 Å². The minimum Gasteiger partial charge on any atom is -0.395 e. The van der Waals surface area contributed by atoms with E-state index >= 15 is 0 Å². The molecule has 2 rings (SSSR count). The van der Waals surface area contributed by atoms with E-state index in [1.165, 1.54) is 29.6 Å². The highest BCUT2D eigenvalue weighted by atomic mass is 32.1. The van der Waals surface area contributed by atoms with Gasteiger partial charge in [-0.3, -0.25) is 9.59 Å². The molecule has 2 amide bonds. The second kappa shape index (κ2) is 7.82. The van der Waals surface area contributed by atoms with Crippen LogP contribution >= 0.6 is 22.7 Å². The smallest absolute Gasteiger partial charge is 0.232 e. The van der Waals surface area contributed by atoms with Crippen molar-refractivity contribution in [2.24, 2.45) is 0 Å². The monoisotopic (exact) mass is 341 g/mol. The molecule has 4 N–H and O–H groups in total. The Morgan fingerprint density at radius 3 is 2.86 bits per heavy atom. The molecule has 0 unspecified atom stereocenters. The summed E-state index contributed by atoms with van der Waals surface area (Å²) in [7, 11) is 0. The molecule has 0 bridgehead atoms. The van der Waals surface area contributed by atoms with Gasteiger partial charge < -0.3 is 21.1 Å². The minimum absolute atomic E-state index is 0.0278. The molecule has 0 aliphatic heterocycles. The summed E-state index contributed by atoms with van der Waals surface area (Å²) in [5.74, 6) is -0.432. The highest BCUT2D eigenvalue weighted by molar-refractivity contribution is 7.19. The topological polar surface area (TPSA) is 116 Å². The van der Waals surface area contributed by atoms with E-state index in [4.69, 9.17) is 5.11 Å². The van der Waals surface area contributed by atoms with Crippen LogP contribution in [0.4, 0.5) is 15.3 Å².